The summed E-state index contributed by atoms with van der Waals surface area (Å²) in [6, 6.07) is 11.4. The Balaban J connectivity index is 1.72. The minimum Gasteiger partial charge on any atom is -0.377 e. The smallest absolute Gasteiger partial charge is 0.0698 e. The zero-order valence-corrected chi connectivity index (χ0v) is 10.6. The van der Waals surface area contributed by atoms with Gasteiger partial charge in [-0.25, -0.2) is 0 Å². The van der Waals surface area contributed by atoms with Crippen molar-refractivity contribution in [3.63, 3.8) is 0 Å². The first-order chi connectivity index (χ1) is 8.93. The number of benzene rings is 1. The van der Waals surface area contributed by atoms with Crippen LogP contribution >= 0.6 is 0 Å². The van der Waals surface area contributed by atoms with Crippen molar-refractivity contribution in [1.82, 2.24) is 10.6 Å². The number of allylic oxidation sites excluding steroid dienone is 2. The van der Waals surface area contributed by atoms with Gasteiger partial charge in [0, 0.05) is 11.7 Å². The van der Waals surface area contributed by atoms with E-state index in [0.717, 1.165) is 6.54 Å². The van der Waals surface area contributed by atoms with E-state index in [1.807, 2.05) is 0 Å². The van der Waals surface area contributed by atoms with Gasteiger partial charge < -0.3 is 10.6 Å². The molecule has 2 N–H and O–H groups in total. The summed E-state index contributed by atoms with van der Waals surface area (Å²) in [5, 5.41) is 7.25. The van der Waals surface area contributed by atoms with Crippen molar-refractivity contribution < 1.29 is 0 Å². The lowest BCUT2D eigenvalue weighted by atomic mass is 9.97. The van der Waals surface area contributed by atoms with E-state index in [-0.39, 0.29) is 0 Å². The molecule has 0 saturated carbocycles. The van der Waals surface area contributed by atoms with Gasteiger partial charge in [-0.1, -0.05) is 48.9 Å². The lowest BCUT2D eigenvalue weighted by molar-refractivity contribution is 0.417. The van der Waals surface area contributed by atoms with E-state index in [1.165, 1.54) is 30.5 Å². The van der Waals surface area contributed by atoms with Gasteiger partial charge in [-0.05, 0) is 31.0 Å². The second kappa shape index (κ2) is 5.40. The van der Waals surface area contributed by atoms with Gasteiger partial charge >= 0.3 is 0 Å². The molecule has 2 aliphatic heterocycles. The van der Waals surface area contributed by atoms with Crippen LogP contribution in [0.3, 0.4) is 0 Å². The quantitative estimate of drug-likeness (QED) is 0.830. The summed E-state index contributed by atoms with van der Waals surface area (Å²) in [5.74, 6) is 0. The van der Waals surface area contributed by atoms with E-state index in [2.05, 4.69) is 59.2 Å². The van der Waals surface area contributed by atoms with Crippen LogP contribution in [-0.4, -0.2) is 12.6 Å². The van der Waals surface area contributed by atoms with Crippen molar-refractivity contribution in [2.24, 2.45) is 0 Å². The van der Waals surface area contributed by atoms with Crippen LogP contribution in [0.4, 0.5) is 0 Å². The lowest BCUT2D eigenvalue weighted by Gasteiger charge is -2.31. The molecular weight excluding hydrogens is 220 g/mol. The fourth-order valence-electron chi connectivity index (χ4n) is 2.73. The lowest BCUT2D eigenvalue weighted by Crippen LogP contribution is -2.41. The molecule has 0 amide bonds. The molecule has 2 heteroatoms. The molecule has 2 aliphatic rings. The fraction of sp³-hybridized carbons (Fsp3) is 0.375. The summed E-state index contributed by atoms with van der Waals surface area (Å²) in [6.45, 7) is 1.14. The predicted molar refractivity (Wildman–Crippen MR) is 75.2 cm³/mol. The third-order valence-electron chi connectivity index (χ3n) is 3.75. The average Bonchev–Trinajstić information content (AvgIpc) is 2.49. The molecule has 0 bridgehead atoms. The predicted octanol–water partition coefficient (Wildman–Crippen LogP) is 2.91. The number of piperidine rings is 1. The summed E-state index contributed by atoms with van der Waals surface area (Å²) >= 11 is 0. The Morgan fingerprint density at radius 1 is 1.06 bits per heavy atom. The van der Waals surface area contributed by atoms with Crippen LogP contribution in [0.5, 0.6) is 0 Å². The topological polar surface area (TPSA) is 24.1 Å². The number of hydrogen-bond donors (Lipinski definition) is 2. The van der Waals surface area contributed by atoms with Crippen LogP contribution in [0, 0.1) is 0 Å². The highest BCUT2D eigenvalue weighted by atomic mass is 15.0. The van der Waals surface area contributed by atoms with Crippen molar-refractivity contribution in [2.45, 2.75) is 31.3 Å². The van der Waals surface area contributed by atoms with E-state index >= 15 is 0 Å². The maximum Gasteiger partial charge on any atom is 0.0698 e. The molecule has 1 saturated heterocycles. The number of dihydropyridines is 1. The van der Waals surface area contributed by atoms with Crippen molar-refractivity contribution in [1.29, 1.82) is 0 Å². The van der Waals surface area contributed by atoms with E-state index in [1.54, 1.807) is 0 Å². The number of rotatable bonds is 2. The number of hydrogen-bond acceptors (Lipinski definition) is 2. The number of nitrogens with one attached hydrogen (secondary N) is 2. The minimum atomic E-state index is 0.315. The second-order valence-corrected chi connectivity index (χ2v) is 5.04. The summed E-state index contributed by atoms with van der Waals surface area (Å²) in [6.07, 6.45) is 10.5. The molecule has 3 rings (SSSR count). The van der Waals surface area contributed by atoms with Crippen molar-refractivity contribution in [3.05, 3.63) is 59.8 Å². The van der Waals surface area contributed by atoms with Crippen molar-refractivity contribution >= 4 is 0 Å². The van der Waals surface area contributed by atoms with E-state index in [9.17, 15) is 0 Å². The first-order valence-electron chi connectivity index (χ1n) is 6.87. The molecule has 2 nitrogen and oxygen atoms in total. The molecule has 0 spiro atoms. The largest absolute Gasteiger partial charge is 0.377 e. The Hall–Kier alpha value is -1.54. The Kier molecular flexibility index (Phi) is 3.47. The summed E-state index contributed by atoms with van der Waals surface area (Å²) in [4.78, 5) is 0. The van der Waals surface area contributed by atoms with Crippen LogP contribution in [-0.2, 0) is 0 Å². The van der Waals surface area contributed by atoms with Gasteiger partial charge in [0.15, 0.2) is 0 Å². The first-order valence-corrected chi connectivity index (χ1v) is 6.87. The normalized spacial score (nSPS) is 27.4. The highest BCUT2D eigenvalue weighted by Crippen LogP contribution is 2.22. The molecule has 0 radical (unpaired) electrons. The molecule has 1 aromatic carbocycles. The van der Waals surface area contributed by atoms with Crippen LogP contribution < -0.4 is 10.6 Å². The molecule has 94 valence electrons. The summed E-state index contributed by atoms with van der Waals surface area (Å²) < 4.78 is 0. The Bertz CT molecular complexity index is 441. The molecular formula is C16H20N2. The average molecular weight is 240 g/mol. The zero-order valence-electron chi connectivity index (χ0n) is 10.6. The molecule has 2 atom stereocenters. The summed E-state index contributed by atoms with van der Waals surface area (Å²) in [7, 11) is 0. The van der Waals surface area contributed by atoms with Crippen LogP contribution in [0.1, 0.15) is 30.9 Å². The Labute approximate surface area is 109 Å². The maximum absolute atomic E-state index is 3.65. The van der Waals surface area contributed by atoms with E-state index in [0.29, 0.717) is 12.1 Å². The van der Waals surface area contributed by atoms with Gasteiger partial charge in [0.2, 0.25) is 0 Å². The Morgan fingerprint density at radius 3 is 2.72 bits per heavy atom. The highest BCUT2D eigenvalue weighted by molar-refractivity contribution is 5.31. The first kappa shape index (κ1) is 11.5. The standard InChI is InChI=1S/C16H20N2/c1-2-7-13(8-3-1)14-10-6-11-16(18-14)15-9-4-5-12-17-15/h1-3,6-8,10-11,14-15,17-18H,4-5,9,12H2. The van der Waals surface area contributed by atoms with E-state index in [4.69, 9.17) is 0 Å². The van der Waals surface area contributed by atoms with Gasteiger partial charge in [0.05, 0.1) is 6.04 Å². The molecule has 2 heterocycles. The SMILES string of the molecule is C1=CC(c2ccccc2)NC(C2CCCCN2)=C1. The minimum absolute atomic E-state index is 0.315. The third kappa shape index (κ3) is 2.49. The van der Waals surface area contributed by atoms with Crippen molar-refractivity contribution in [2.75, 3.05) is 6.54 Å². The molecule has 1 fully saturated rings. The van der Waals surface area contributed by atoms with Crippen LogP contribution in [0.15, 0.2) is 54.3 Å². The summed E-state index contributed by atoms with van der Waals surface area (Å²) in [5.41, 5.74) is 2.67. The fourth-order valence-corrected chi connectivity index (χ4v) is 2.73. The molecule has 0 aromatic heterocycles. The van der Waals surface area contributed by atoms with Crippen molar-refractivity contribution in [3.8, 4) is 0 Å². The second-order valence-electron chi connectivity index (χ2n) is 5.04. The Morgan fingerprint density at radius 2 is 1.94 bits per heavy atom. The van der Waals surface area contributed by atoms with Gasteiger partial charge in [-0.3, -0.25) is 0 Å². The van der Waals surface area contributed by atoms with E-state index < -0.39 is 0 Å². The van der Waals surface area contributed by atoms with Crippen LogP contribution in [0.2, 0.25) is 0 Å². The molecule has 2 unspecified atom stereocenters. The highest BCUT2D eigenvalue weighted by Gasteiger charge is 2.20. The monoisotopic (exact) mass is 240 g/mol. The molecule has 1 aromatic rings. The van der Waals surface area contributed by atoms with Crippen LogP contribution in [0.25, 0.3) is 0 Å². The van der Waals surface area contributed by atoms with Gasteiger partial charge in [0.25, 0.3) is 0 Å². The zero-order chi connectivity index (χ0) is 12.2. The van der Waals surface area contributed by atoms with Gasteiger partial charge in [-0.15, -0.1) is 0 Å². The van der Waals surface area contributed by atoms with Gasteiger partial charge in [0.1, 0.15) is 0 Å². The molecule has 18 heavy (non-hydrogen) atoms. The maximum atomic E-state index is 3.65. The van der Waals surface area contributed by atoms with Gasteiger partial charge in [-0.2, -0.15) is 0 Å². The third-order valence-corrected chi connectivity index (χ3v) is 3.75. The molecule has 0 aliphatic carbocycles.